The summed E-state index contributed by atoms with van der Waals surface area (Å²) < 4.78 is 0. The van der Waals surface area contributed by atoms with Gasteiger partial charge in [0.15, 0.2) is 0 Å². The normalized spacial score (nSPS) is 9.00. The van der Waals surface area contributed by atoms with Crippen molar-refractivity contribution >= 4 is 8.80 Å². The molecule has 0 radical (unpaired) electrons. The van der Waals surface area contributed by atoms with Crippen LogP contribution in [-0.2, 0) is 0 Å². The van der Waals surface area contributed by atoms with E-state index in [1.54, 1.807) is 0 Å². The van der Waals surface area contributed by atoms with Crippen molar-refractivity contribution in [3.05, 3.63) is 0 Å². The Morgan fingerprint density at radius 3 is 1.12 bits per heavy atom. The molecule has 0 saturated carbocycles. The quantitative estimate of drug-likeness (QED) is 0.483. The van der Waals surface area contributed by atoms with Gasteiger partial charge in [-0.3, -0.25) is 8.80 Å². The van der Waals surface area contributed by atoms with Crippen molar-refractivity contribution in [1.82, 2.24) is 0 Å². The van der Waals surface area contributed by atoms with E-state index in [-0.39, 0.29) is 60.2 Å². The van der Waals surface area contributed by atoms with Crippen LogP contribution in [0.1, 0.15) is 20.8 Å². The van der Waals surface area contributed by atoms with Crippen molar-refractivity contribution < 1.29 is 51.4 Å². The smallest absolute Gasteiger partial charge is 0.261 e. The first kappa shape index (κ1) is 12.5. The van der Waals surface area contributed by atoms with Gasteiger partial charge in [-0.2, -0.15) is 18.1 Å². The molecule has 0 bridgehead atoms. The van der Waals surface area contributed by atoms with Gasteiger partial charge in [-0.15, -0.1) is 0 Å². The first-order valence-corrected chi connectivity index (χ1v) is 5.30. The predicted molar refractivity (Wildman–Crippen MR) is 37.2 cm³/mol. The summed E-state index contributed by atoms with van der Waals surface area (Å²) in [5, 5.41) is 0. The third-order valence-corrected chi connectivity index (χ3v) is 4.50. The molecule has 44 valence electrons. The topological polar surface area (TPSA) is 0 Å². The van der Waals surface area contributed by atoms with Gasteiger partial charge in [0.1, 0.15) is 0 Å². The molecular formula is C6H15KSi. The van der Waals surface area contributed by atoms with Gasteiger partial charge in [0.05, 0.1) is 0 Å². The van der Waals surface area contributed by atoms with E-state index in [0.717, 1.165) is 0 Å². The fourth-order valence-electron chi connectivity index (χ4n) is 0.750. The average Bonchev–Trinajstić information content (AvgIpc) is 1.72. The van der Waals surface area contributed by atoms with Crippen LogP contribution in [0.15, 0.2) is 0 Å². The van der Waals surface area contributed by atoms with E-state index in [4.69, 9.17) is 0 Å². The summed E-state index contributed by atoms with van der Waals surface area (Å²) in [6.07, 6.45) is 0. The SMILES string of the molecule is CC[Si-](CC)CC.[K+]. The van der Waals surface area contributed by atoms with Crippen molar-refractivity contribution in [1.29, 1.82) is 0 Å². The standard InChI is InChI=1S/C6H15Si.K/c1-4-7(5-2)6-3;/h4-6H2,1-3H3;/q-1;+1. The monoisotopic (exact) mass is 154 g/mol. The van der Waals surface area contributed by atoms with Crippen molar-refractivity contribution in [3.63, 3.8) is 0 Å². The maximum absolute atomic E-state index is 2.31. The van der Waals surface area contributed by atoms with Crippen LogP contribution in [0.3, 0.4) is 0 Å². The largest absolute Gasteiger partial charge is 1.00 e. The molecule has 0 N–H and O–H groups in total. The Bertz CT molecular complexity index is 30.0. The molecule has 0 atom stereocenters. The first-order valence-electron chi connectivity index (χ1n) is 3.18. The van der Waals surface area contributed by atoms with Crippen LogP contribution < -0.4 is 51.4 Å². The zero-order chi connectivity index (χ0) is 5.70. The molecule has 0 aromatic heterocycles. The molecule has 0 rings (SSSR count). The van der Waals surface area contributed by atoms with Crippen LogP contribution in [0, 0.1) is 0 Å². The third-order valence-electron chi connectivity index (χ3n) is 1.50. The molecule has 0 heterocycles. The van der Waals surface area contributed by atoms with Gasteiger partial charge in [0.25, 0.3) is 0 Å². The molecule has 0 fully saturated rings. The van der Waals surface area contributed by atoms with E-state index in [9.17, 15) is 0 Å². The summed E-state index contributed by atoms with van der Waals surface area (Å²) in [6, 6.07) is 4.37. The van der Waals surface area contributed by atoms with Gasteiger partial charge in [0.2, 0.25) is 0 Å². The van der Waals surface area contributed by atoms with Crippen LogP contribution >= 0.6 is 0 Å². The Labute approximate surface area is 97.5 Å². The van der Waals surface area contributed by atoms with E-state index >= 15 is 0 Å². The van der Waals surface area contributed by atoms with Crippen molar-refractivity contribution in [2.24, 2.45) is 0 Å². The Balaban J connectivity index is 0. The molecule has 0 saturated heterocycles. The van der Waals surface area contributed by atoms with Crippen molar-refractivity contribution in [3.8, 4) is 0 Å². The zero-order valence-corrected chi connectivity index (χ0v) is 10.7. The Morgan fingerprint density at radius 1 is 0.875 bits per heavy atom. The first-order chi connectivity index (χ1) is 3.35. The molecule has 0 amide bonds. The average molecular weight is 154 g/mol. The van der Waals surface area contributed by atoms with Gasteiger partial charge in [-0.25, -0.2) is 0 Å². The van der Waals surface area contributed by atoms with E-state index in [1.165, 1.54) is 18.1 Å². The number of rotatable bonds is 3. The second-order valence-electron chi connectivity index (χ2n) is 1.81. The summed E-state index contributed by atoms with van der Waals surface area (Å²) in [4.78, 5) is 0. The third kappa shape index (κ3) is 5.98. The van der Waals surface area contributed by atoms with Crippen LogP contribution in [-0.4, -0.2) is 8.80 Å². The Kier molecular flexibility index (Phi) is 13.9. The maximum Gasteiger partial charge on any atom is 1.00 e. The molecule has 2 heteroatoms. The molecular weight excluding hydrogens is 139 g/mol. The Morgan fingerprint density at radius 2 is 1.12 bits per heavy atom. The molecule has 0 aromatic rings. The van der Waals surface area contributed by atoms with Crippen LogP contribution in [0.2, 0.25) is 18.1 Å². The van der Waals surface area contributed by atoms with Gasteiger partial charge in [-0.1, -0.05) is 20.8 Å². The van der Waals surface area contributed by atoms with Gasteiger partial charge in [-0.05, 0) is 0 Å². The summed E-state index contributed by atoms with van der Waals surface area (Å²) >= 11 is 0. The summed E-state index contributed by atoms with van der Waals surface area (Å²) in [5.41, 5.74) is 0. The summed E-state index contributed by atoms with van der Waals surface area (Å²) in [7, 11) is 0.137. The minimum atomic E-state index is 0. The molecule has 0 aliphatic rings. The molecule has 8 heavy (non-hydrogen) atoms. The predicted octanol–water partition coefficient (Wildman–Crippen LogP) is -0.455. The molecule has 0 spiro atoms. The maximum atomic E-state index is 2.31. The molecule has 0 unspecified atom stereocenters. The van der Waals surface area contributed by atoms with Crippen molar-refractivity contribution in [2.45, 2.75) is 38.9 Å². The number of hydrogen-bond acceptors (Lipinski definition) is 0. The zero-order valence-electron chi connectivity index (χ0n) is 6.62. The minimum Gasteiger partial charge on any atom is -0.261 e. The van der Waals surface area contributed by atoms with Gasteiger partial charge >= 0.3 is 51.4 Å². The van der Waals surface area contributed by atoms with E-state index in [0.29, 0.717) is 0 Å². The second kappa shape index (κ2) is 8.85. The fourth-order valence-corrected chi connectivity index (χ4v) is 2.25. The van der Waals surface area contributed by atoms with Crippen molar-refractivity contribution in [2.75, 3.05) is 0 Å². The minimum absolute atomic E-state index is 0. The molecule has 0 aliphatic carbocycles. The molecule has 0 aromatic carbocycles. The Hall–Kier alpha value is 1.85. The van der Waals surface area contributed by atoms with Crippen LogP contribution in [0.5, 0.6) is 0 Å². The van der Waals surface area contributed by atoms with Crippen LogP contribution in [0.4, 0.5) is 0 Å². The molecule has 0 nitrogen and oxygen atoms in total. The van der Waals surface area contributed by atoms with E-state index < -0.39 is 0 Å². The number of hydrogen-bond donors (Lipinski definition) is 0. The molecule has 0 aliphatic heterocycles. The summed E-state index contributed by atoms with van der Waals surface area (Å²) in [6.45, 7) is 6.92. The fraction of sp³-hybridized carbons (Fsp3) is 1.00. The van der Waals surface area contributed by atoms with Crippen LogP contribution in [0.25, 0.3) is 0 Å². The second-order valence-corrected chi connectivity index (χ2v) is 5.43. The van der Waals surface area contributed by atoms with Gasteiger partial charge in [0, 0.05) is 0 Å². The summed E-state index contributed by atoms with van der Waals surface area (Å²) in [5.74, 6) is 0. The van der Waals surface area contributed by atoms with E-state index in [2.05, 4.69) is 20.8 Å². The van der Waals surface area contributed by atoms with E-state index in [1.807, 2.05) is 0 Å². The van der Waals surface area contributed by atoms with Gasteiger partial charge < -0.3 is 0 Å².